The Morgan fingerprint density at radius 3 is 2.55 bits per heavy atom. The standard InChI is InChI=1S/C22H22N2O5S2/c1-4-12-24-21(26)20(14-16-8-11-18(25)19(13-16)29-3)30-22(24)23-31(27,28)17-9-6-15(5-2)7-10-17/h4,6-11,13-14,25H,1,5,12H2,2-3H3/b20-14-,23-22+. The summed E-state index contributed by atoms with van der Waals surface area (Å²) in [6.07, 6.45) is 3.89. The van der Waals surface area contributed by atoms with E-state index in [1.54, 1.807) is 30.3 Å². The molecule has 1 aliphatic rings. The third-order valence-corrected chi connectivity index (χ3v) is 6.93. The van der Waals surface area contributed by atoms with Crippen LogP contribution in [0.25, 0.3) is 6.08 Å². The number of sulfonamides is 1. The Kier molecular flexibility index (Phi) is 6.87. The molecule has 3 rings (SSSR count). The number of carbonyl (C=O) groups is 1. The number of ether oxygens (including phenoxy) is 1. The monoisotopic (exact) mass is 458 g/mol. The molecule has 0 atom stereocenters. The van der Waals surface area contributed by atoms with E-state index in [0.29, 0.717) is 10.5 Å². The Labute approximate surface area is 185 Å². The summed E-state index contributed by atoms with van der Waals surface area (Å²) < 4.78 is 34.6. The summed E-state index contributed by atoms with van der Waals surface area (Å²) >= 11 is 0.966. The second kappa shape index (κ2) is 9.40. The first-order valence-electron chi connectivity index (χ1n) is 9.42. The highest BCUT2D eigenvalue weighted by molar-refractivity contribution is 8.19. The number of amides is 1. The smallest absolute Gasteiger partial charge is 0.284 e. The molecule has 1 saturated heterocycles. The Morgan fingerprint density at radius 2 is 1.94 bits per heavy atom. The first-order chi connectivity index (χ1) is 14.8. The lowest BCUT2D eigenvalue weighted by Crippen LogP contribution is -2.29. The number of aryl methyl sites for hydroxylation is 1. The van der Waals surface area contributed by atoms with Crippen molar-refractivity contribution in [2.75, 3.05) is 13.7 Å². The fourth-order valence-electron chi connectivity index (χ4n) is 2.85. The van der Waals surface area contributed by atoms with Crippen LogP contribution in [0.4, 0.5) is 0 Å². The fraction of sp³-hybridized carbons (Fsp3) is 0.182. The first-order valence-corrected chi connectivity index (χ1v) is 11.7. The molecule has 0 aromatic heterocycles. The Hall–Kier alpha value is -3.04. The van der Waals surface area contributed by atoms with E-state index in [1.165, 1.54) is 36.3 Å². The minimum atomic E-state index is -4.00. The van der Waals surface area contributed by atoms with Gasteiger partial charge in [0, 0.05) is 6.54 Å². The number of hydrogen-bond donors (Lipinski definition) is 1. The van der Waals surface area contributed by atoms with E-state index in [-0.39, 0.29) is 34.0 Å². The second-order valence-electron chi connectivity index (χ2n) is 6.59. The number of methoxy groups -OCH3 is 1. The van der Waals surface area contributed by atoms with Crippen LogP contribution in [-0.2, 0) is 21.2 Å². The number of nitrogens with zero attached hydrogens (tertiary/aromatic N) is 2. The maximum Gasteiger partial charge on any atom is 0.284 e. The molecule has 1 N–H and O–H groups in total. The lowest BCUT2D eigenvalue weighted by Gasteiger charge is -2.12. The van der Waals surface area contributed by atoms with Crippen molar-refractivity contribution in [1.29, 1.82) is 0 Å². The zero-order valence-electron chi connectivity index (χ0n) is 17.1. The van der Waals surface area contributed by atoms with Gasteiger partial charge in [-0.1, -0.05) is 31.2 Å². The molecule has 2 aromatic rings. The van der Waals surface area contributed by atoms with Crippen LogP contribution < -0.4 is 4.74 Å². The Balaban J connectivity index is 1.98. The van der Waals surface area contributed by atoms with E-state index in [9.17, 15) is 18.3 Å². The van der Waals surface area contributed by atoms with Crippen molar-refractivity contribution in [1.82, 2.24) is 4.90 Å². The average molecular weight is 459 g/mol. The minimum Gasteiger partial charge on any atom is -0.504 e. The number of hydrogen-bond acceptors (Lipinski definition) is 6. The average Bonchev–Trinajstić information content (AvgIpc) is 3.03. The van der Waals surface area contributed by atoms with Gasteiger partial charge in [-0.15, -0.1) is 11.0 Å². The molecular weight excluding hydrogens is 436 g/mol. The molecule has 2 aromatic carbocycles. The zero-order valence-corrected chi connectivity index (χ0v) is 18.7. The topological polar surface area (TPSA) is 96.3 Å². The molecule has 0 bridgehead atoms. The third-order valence-electron chi connectivity index (χ3n) is 4.53. The van der Waals surface area contributed by atoms with Gasteiger partial charge in [0.1, 0.15) is 0 Å². The van der Waals surface area contributed by atoms with Crippen molar-refractivity contribution < 1.29 is 23.1 Å². The highest BCUT2D eigenvalue weighted by Gasteiger charge is 2.34. The van der Waals surface area contributed by atoms with Gasteiger partial charge >= 0.3 is 0 Å². The van der Waals surface area contributed by atoms with Crippen LogP contribution in [0.1, 0.15) is 18.1 Å². The third kappa shape index (κ3) is 5.00. The van der Waals surface area contributed by atoms with Crippen molar-refractivity contribution in [2.45, 2.75) is 18.2 Å². The normalized spacial score (nSPS) is 16.8. The predicted molar refractivity (Wildman–Crippen MR) is 123 cm³/mol. The molecule has 0 spiro atoms. The van der Waals surface area contributed by atoms with Crippen molar-refractivity contribution in [3.8, 4) is 11.5 Å². The van der Waals surface area contributed by atoms with Crippen LogP contribution in [-0.4, -0.2) is 43.2 Å². The van der Waals surface area contributed by atoms with E-state index < -0.39 is 10.0 Å². The van der Waals surface area contributed by atoms with Crippen LogP contribution >= 0.6 is 11.8 Å². The van der Waals surface area contributed by atoms with Gasteiger partial charge in [0.05, 0.1) is 16.9 Å². The molecule has 1 aliphatic heterocycles. The van der Waals surface area contributed by atoms with E-state index in [4.69, 9.17) is 4.74 Å². The Morgan fingerprint density at radius 1 is 1.23 bits per heavy atom. The van der Waals surface area contributed by atoms with Gasteiger partial charge in [0.15, 0.2) is 16.7 Å². The molecule has 0 saturated carbocycles. The lowest BCUT2D eigenvalue weighted by molar-refractivity contribution is -0.121. The van der Waals surface area contributed by atoms with Gasteiger partial charge in [-0.3, -0.25) is 9.69 Å². The SMILES string of the molecule is C=CCN1C(=O)/C(=C/c2ccc(O)c(OC)c2)S/C1=N/S(=O)(=O)c1ccc(CC)cc1. The largest absolute Gasteiger partial charge is 0.504 e. The number of phenolic OH excluding ortho intramolecular Hbond substituents is 1. The van der Waals surface area contributed by atoms with E-state index in [2.05, 4.69) is 11.0 Å². The van der Waals surface area contributed by atoms with Crippen LogP contribution in [0, 0.1) is 0 Å². The van der Waals surface area contributed by atoms with Crippen LogP contribution in [0.15, 0.2) is 69.3 Å². The summed E-state index contributed by atoms with van der Waals surface area (Å²) in [6.45, 7) is 5.73. The van der Waals surface area contributed by atoms with Crippen LogP contribution in [0.2, 0.25) is 0 Å². The van der Waals surface area contributed by atoms with Gasteiger partial charge in [-0.05, 0) is 59.7 Å². The molecule has 31 heavy (non-hydrogen) atoms. The summed E-state index contributed by atoms with van der Waals surface area (Å²) in [5.74, 6) is -0.141. The fourth-order valence-corrected chi connectivity index (χ4v) is 5.04. The van der Waals surface area contributed by atoms with Crippen molar-refractivity contribution in [3.05, 3.63) is 71.2 Å². The highest BCUT2D eigenvalue weighted by atomic mass is 32.2. The maximum atomic E-state index is 12.9. The summed E-state index contributed by atoms with van der Waals surface area (Å²) in [4.78, 5) is 14.5. The second-order valence-corrected chi connectivity index (χ2v) is 9.21. The molecule has 7 nitrogen and oxygen atoms in total. The molecule has 9 heteroatoms. The van der Waals surface area contributed by atoms with E-state index >= 15 is 0 Å². The highest BCUT2D eigenvalue weighted by Crippen LogP contribution is 2.35. The number of amidine groups is 1. The quantitative estimate of drug-likeness (QED) is 0.501. The molecule has 162 valence electrons. The molecule has 0 aliphatic carbocycles. The molecule has 1 amide bonds. The maximum absolute atomic E-state index is 12.9. The van der Waals surface area contributed by atoms with Crippen molar-refractivity contribution >= 4 is 38.9 Å². The number of phenols is 1. The number of benzene rings is 2. The summed E-state index contributed by atoms with van der Waals surface area (Å²) in [7, 11) is -2.57. The first kappa shape index (κ1) is 22.6. The van der Waals surface area contributed by atoms with Crippen molar-refractivity contribution in [3.63, 3.8) is 0 Å². The van der Waals surface area contributed by atoms with Crippen LogP contribution in [0.3, 0.4) is 0 Å². The van der Waals surface area contributed by atoms with Gasteiger partial charge < -0.3 is 9.84 Å². The van der Waals surface area contributed by atoms with Gasteiger partial charge in [0.25, 0.3) is 15.9 Å². The molecular formula is C22H22N2O5S2. The number of aromatic hydroxyl groups is 1. The van der Waals surface area contributed by atoms with Gasteiger partial charge in [0.2, 0.25) is 0 Å². The summed E-state index contributed by atoms with van der Waals surface area (Å²) in [5, 5.41) is 9.80. The van der Waals surface area contributed by atoms with Crippen LogP contribution in [0.5, 0.6) is 11.5 Å². The molecule has 1 fully saturated rings. The van der Waals surface area contributed by atoms with Gasteiger partial charge in [-0.2, -0.15) is 8.42 Å². The predicted octanol–water partition coefficient (Wildman–Crippen LogP) is 3.81. The molecule has 0 radical (unpaired) electrons. The van der Waals surface area contributed by atoms with E-state index in [0.717, 1.165) is 23.7 Å². The van der Waals surface area contributed by atoms with Crippen molar-refractivity contribution in [2.24, 2.45) is 4.40 Å². The molecule has 0 unspecified atom stereocenters. The zero-order chi connectivity index (χ0) is 22.6. The lowest BCUT2D eigenvalue weighted by atomic mass is 10.2. The minimum absolute atomic E-state index is 0.0224. The van der Waals surface area contributed by atoms with E-state index in [1.807, 2.05) is 6.92 Å². The Bertz CT molecular complexity index is 1170. The molecule has 1 heterocycles. The number of rotatable bonds is 7. The number of thioether (sulfide) groups is 1. The summed E-state index contributed by atoms with van der Waals surface area (Å²) in [6, 6.07) is 11.2. The number of carbonyl (C=O) groups excluding carboxylic acids is 1. The summed E-state index contributed by atoms with van der Waals surface area (Å²) in [5.41, 5.74) is 1.63. The van der Waals surface area contributed by atoms with Gasteiger partial charge in [-0.25, -0.2) is 0 Å².